The lowest BCUT2D eigenvalue weighted by atomic mass is 9.86. The molecule has 1 aliphatic heterocycles. The molecule has 0 spiro atoms. The normalized spacial score (nSPS) is 18.6. The maximum Gasteiger partial charge on any atom is 0.243 e. The largest absolute Gasteiger partial charge is 0.493 e. The third kappa shape index (κ3) is 5.16. The van der Waals surface area contributed by atoms with E-state index in [0.29, 0.717) is 42.7 Å². The number of rotatable bonds is 8. The van der Waals surface area contributed by atoms with E-state index in [0.717, 1.165) is 5.56 Å². The molecule has 2 aromatic rings. The number of amides is 2. The van der Waals surface area contributed by atoms with Gasteiger partial charge >= 0.3 is 0 Å². The van der Waals surface area contributed by atoms with Gasteiger partial charge in [0.05, 0.1) is 20.3 Å². The summed E-state index contributed by atoms with van der Waals surface area (Å²) < 4.78 is 24.7. The topological polar surface area (TPSA) is 67.9 Å². The highest BCUT2D eigenvalue weighted by molar-refractivity contribution is 5.95. The standard InChI is InChI=1S/C24H27FN2O4/c1-30-21-9-8-17(10-22(21)31-15-16-4-2-5-16)18-11-24(29)27(13-18)14-23(28)26-20-7-3-6-19(25)12-20/h3,6-10,12,16,18H,2,4-5,11,13-15H2,1H3,(H,26,28). The van der Waals surface area contributed by atoms with Crippen molar-refractivity contribution >= 4 is 17.5 Å². The summed E-state index contributed by atoms with van der Waals surface area (Å²) in [5.74, 6) is 1.11. The van der Waals surface area contributed by atoms with E-state index in [9.17, 15) is 14.0 Å². The number of anilines is 1. The molecule has 7 heteroatoms. The number of carbonyl (C=O) groups excluding carboxylic acids is 2. The maximum absolute atomic E-state index is 13.3. The molecular formula is C24H27FN2O4. The Bertz CT molecular complexity index is 960. The van der Waals surface area contributed by atoms with Crippen LogP contribution >= 0.6 is 0 Å². The first-order valence-corrected chi connectivity index (χ1v) is 10.7. The number of likely N-dealkylation sites (tertiary alicyclic amines) is 1. The summed E-state index contributed by atoms with van der Waals surface area (Å²) in [5.41, 5.74) is 1.36. The molecule has 31 heavy (non-hydrogen) atoms. The van der Waals surface area contributed by atoms with Crippen LogP contribution in [0.25, 0.3) is 0 Å². The minimum Gasteiger partial charge on any atom is -0.493 e. The van der Waals surface area contributed by atoms with Crippen molar-refractivity contribution in [2.45, 2.75) is 31.6 Å². The number of methoxy groups -OCH3 is 1. The van der Waals surface area contributed by atoms with Gasteiger partial charge in [0.25, 0.3) is 0 Å². The van der Waals surface area contributed by atoms with Gasteiger partial charge in [0.2, 0.25) is 11.8 Å². The molecule has 2 fully saturated rings. The van der Waals surface area contributed by atoms with Gasteiger partial charge < -0.3 is 19.7 Å². The van der Waals surface area contributed by atoms with Crippen LogP contribution < -0.4 is 14.8 Å². The summed E-state index contributed by atoms with van der Waals surface area (Å²) in [6.07, 6.45) is 4.00. The second kappa shape index (κ2) is 9.37. The van der Waals surface area contributed by atoms with E-state index >= 15 is 0 Å². The van der Waals surface area contributed by atoms with Gasteiger partial charge in [-0.25, -0.2) is 4.39 Å². The molecule has 6 nitrogen and oxygen atoms in total. The van der Waals surface area contributed by atoms with Crippen LogP contribution in [0, 0.1) is 11.7 Å². The summed E-state index contributed by atoms with van der Waals surface area (Å²) in [6, 6.07) is 11.5. The Morgan fingerprint density at radius 1 is 1.19 bits per heavy atom. The zero-order valence-electron chi connectivity index (χ0n) is 17.6. The first-order chi connectivity index (χ1) is 15.0. The lowest BCUT2D eigenvalue weighted by Crippen LogP contribution is -2.34. The van der Waals surface area contributed by atoms with Gasteiger partial charge in [0, 0.05) is 24.6 Å². The van der Waals surface area contributed by atoms with Crippen molar-refractivity contribution < 1.29 is 23.5 Å². The molecule has 4 rings (SSSR count). The summed E-state index contributed by atoms with van der Waals surface area (Å²) in [7, 11) is 1.61. The van der Waals surface area contributed by atoms with Crippen LogP contribution in [-0.4, -0.2) is 43.5 Å². The third-order valence-electron chi connectivity index (χ3n) is 6.02. The molecular weight excluding hydrogens is 399 g/mol. The minimum absolute atomic E-state index is 0.0218. The molecule has 1 unspecified atom stereocenters. The fraction of sp³-hybridized carbons (Fsp3) is 0.417. The van der Waals surface area contributed by atoms with Crippen LogP contribution in [-0.2, 0) is 9.59 Å². The molecule has 1 heterocycles. The third-order valence-corrected chi connectivity index (χ3v) is 6.02. The van der Waals surface area contributed by atoms with Crippen LogP contribution in [0.15, 0.2) is 42.5 Å². The van der Waals surface area contributed by atoms with Crippen LogP contribution in [0.4, 0.5) is 10.1 Å². The number of ether oxygens (including phenoxy) is 2. The molecule has 1 saturated carbocycles. The predicted octanol–water partition coefficient (Wildman–Crippen LogP) is 3.97. The Labute approximate surface area is 181 Å². The molecule has 2 aliphatic rings. The summed E-state index contributed by atoms with van der Waals surface area (Å²) in [6.45, 7) is 1.06. The van der Waals surface area contributed by atoms with Crippen LogP contribution in [0.5, 0.6) is 11.5 Å². The summed E-state index contributed by atoms with van der Waals surface area (Å²) in [5, 5.41) is 2.64. The number of nitrogens with zero attached hydrogens (tertiary/aromatic N) is 1. The van der Waals surface area contributed by atoms with Gasteiger partial charge in [-0.05, 0) is 54.7 Å². The lowest BCUT2D eigenvalue weighted by molar-refractivity contribution is -0.131. The fourth-order valence-electron chi connectivity index (χ4n) is 4.02. The molecule has 1 aliphatic carbocycles. The Hall–Kier alpha value is -3.09. The summed E-state index contributed by atoms with van der Waals surface area (Å²) >= 11 is 0. The van der Waals surface area contributed by atoms with Crippen molar-refractivity contribution in [3.8, 4) is 11.5 Å². The highest BCUT2D eigenvalue weighted by Crippen LogP contribution is 2.36. The average molecular weight is 426 g/mol. The van der Waals surface area contributed by atoms with Gasteiger partial charge in [0.15, 0.2) is 11.5 Å². The Morgan fingerprint density at radius 3 is 2.74 bits per heavy atom. The average Bonchev–Trinajstić information content (AvgIpc) is 3.07. The van der Waals surface area contributed by atoms with Crippen molar-refractivity contribution in [2.75, 3.05) is 32.1 Å². The Morgan fingerprint density at radius 2 is 2.03 bits per heavy atom. The van der Waals surface area contributed by atoms with E-state index in [1.165, 1.54) is 37.5 Å². The molecule has 0 radical (unpaired) electrons. The predicted molar refractivity (Wildman–Crippen MR) is 115 cm³/mol. The number of hydrogen-bond acceptors (Lipinski definition) is 4. The van der Waals surface area contributed by atoms with Crippen LogP contribution in [0.2, 0.25) is 0 Å². The number of benzene rings is 2. The minimum atomic E-state index is -0.426. The van der Waals surface area contributed by atoms with Crippen LogP contribution in [0.3, 0.4) is 0 Å². The van der Waals surface area contributed by atoms with Crippen molar-refractivity contribution in [3.63, 3.8) is 0 Å². The van der Waals surface area contributed by atoms with Crippen molar-refractivity contribution in [2.24, 2.45) is 5.92 Å². The molecule has 2 aromatic carbocycles. The number of hydrogen-bond donors (Lipinski definition) is 1. The van der Waals surface area contributed by atoms with Crippen molar-refractivity contribution in [3.05, 3.63) is 53.8 Å². The molecule has 2 amide bonds. The number of nitrogens with one attached hydrogen (secondary N) is 1. The molecule has 164 valence electrons. The molecule has 0 aromatic heterocycles. The number of halogens is 1. The summed E-state index contributed by atoms with van der Waals surface area (Å²) in [4.78, 5) is 26.4. The fourth-order valence-corrected chi connectivity index (χ4v) is 4.02. The molecule has 1 saturated heterocycles. The van der Waals surface area contributed by atoms with E-state index in [-0.39, 0.29) is 24.3 Å². The zero-order valence-corrected chi connectivity index (χ0v) is 17.6. The second-order valence-corrected chi connectivity index (χ2v) is 8.25. The maximum atomic E-state index is 13.3. The molecule has 1 N–H and O–H groups in total. The van der Waals surface area contributed by atoms with Crippen molar-refractivity contribution in [1.29, 1.82) is 0 Å². The Kier molecular flexibility index (Phi) is 6.39. The van der Waals surface area contributed by atoms with Gasteiger partial charge in [-0.15, -0.1) is 0 Å². The number of carbonyl (C=O) groups is 2. The SMILES string of the molecule is COc1ccc(C2CC(=O)N(CC(=O)Nc3cccc(F)c3)C2)cc1OCC1CCC1. The second-order valence-electron chi connectivity index (χ2n) is 8.25. The highest BCUT2D eigenvalue weighted by Gasteiger charge is 2.32. The van der Waals surface area contributed by atoms with E-state index in [4.69, 9.17) is 9.47 Å². The quantitative estimate of drug-likeness (QED) is 0.694. The molecule has 0 bridgehead atoms. The first kappa shape index (κ1) is 21.2. The van der Waals surface area contributed by atoms with Gasteiger partial charge in [-0.3, -0.25) is 9.59 Å². The zero-order chi connectivity index (χ0) is 21.8. The Balaban J connectivity index is 1.38. The van der Waals surface area contributed by atoms with Crippen LogP contribution in [0.1, 0.15) is 37.2 Å². The lowest BCUT2D eigenvalue weighted by Gasteiger charge is -2.25. The highest BCUT2D eigenvalue weighted by atomic mass is 19.1. The van der Waals surface area contributed by atoms with E-state index in [1.54, 1.807) is 18.1 Å². The smallest absolute Gasteiger partial charge is 0.243 e. The van der Waals surface area contributed by atoms with Gasteiger partial charge in [-0.1, -0.05) is 18.6 Å². The van der Waals surface area contributed by atoms with E-state index < -0.39 is 5.82 Å². The van der Waals surface area contributed by atoms with E-state index in [2.05, 4.69) is 5.32 Å². The molecule has 1 atom stereocenters. The van der Waals surface area contributed by atoms with Gasteiger partial charge in [0.1, 0.15) is 5.82 Å². The monoisotopic (exact) mass is 426 g/mol. The van der Waals surface area contributed by atoms with E-state index in [1.807, 2.05) is 18.2 Å². The van der Waals surface area contributed by atoms with Crippen molar-refractivity contribution in [1.82, 2.24) is 4.90 Å². The first-order valence-electron chi connectivity index (χ1n) is 10.7. The van der Waals surface area contributed by atoms with Gasteiger partial charge in [-0.2, -0.15) is 0 Å².